The van der Waals surface area contributed by atoms with Crippen molar-refractivity contribution in [3.05, 3.63) is 35.1 Å². The summed E-state index contributed by atoms with van der Waals surface area (Å²) in [6.07, 6.45) is 3.24. The number of amides is 1. The molecule has 152 valence electrons. The predicted molar refractivity (Wildman–Crippen MR) is 106 cm³/mol. The average Bonchev–Trinajstić information content (AvgIpc) is 3.39. The summed E-state index contributed by atoms with van der Waals surface area (Å²) in [6, 6.07) is 4.53. The second-order valence-electron chi connectivity index (χ2n) is 7.98. The van der Waals surface area contributed by atoms with E-state index in [0.717, 1.165) is 25.6 Å². The van der Waals surface area contributed by atoms with Gasteiger partial charge in [0.2, 0.25) is 0 Å². The van der Waals surface area contributed by atoms with Gasteiger partial charge in [-0.2, -0.15) is 0 Å². The molecule has 7 heteroatoms. The Kier molecular flexibility index (Phi) is 5.53. The van der Waals surface area contributed by atoms with Crippen molar-refractivity contribution in [2.45, 2.75) is 38.9 Å². The van der Waals surface area contributed by atoms with Gasteiger partial charge >= 0.3 is 0 Å². The third-order valence-corrected chi connectivity index (χ3v) is 6.18. The van der Waals surface area contributed by atoms with Crippen LogP contribution in [0.3, 0.4) is 0 Å². The Labute approximate surface area is 165 Å². The first-order valence-corrected chi connectivity index (χ1v) is 10.3. The van der Waals surface area contributed by atoms with Crippen molar-refractivity contribution in [3.63, 3.8) is 0 Å². The summed E-state index contributed by atoms with van der Waals surface area (Å²) in [5.41, 5.74) is 0.868. The van der Waals surface area contributed by atoms with Gasteiger partial charge in [-0.3, -0.25) is 9.79 Å². The molecule has 3 aliphatic rings. The summed E-state index contributed by atoms with van der Waals surface area (Å²) in [7, 11) is 0. The normalized spacial score (nSPS) is 28.5. The summed E-state index contributed by atoms with van der Waals surface area (Å²) in [5.74, 6) is 1.52. The lowest BCUT2D eigenvalue weighted by molar-refractivity contribution is 0.0767. The molecular formula is C21H29FN4O2. The fourth-order valence-corrected chi connectivity index (χ4v) is 4.73. The topological polar surface area (TPSA) is 66.0 Å². The van der Waals surface area contributed by atoms with Crippen molar-refractivity contribution in [2.75, 3.05) is 32.7 Å². The van der Waals surface area contributed by atoms with E-state index in [2.05, 4.69) is 22.5 Å². The van der Waals surface area contributed by atoms with E-state index in [1.165, 1.54) is 18.9 Å². The van der Waals surface area contributed by atoms with Gasteiger partial charge in [-0.15, -0.1) is 0 Å². The van der Waals surface area contributed by atoms with Crippen LogP contribution in [0.15, 0.2) is 23.2 Å². The molecule has 3 fully saturated rings. The number of likely N-dealkylation sites (tertiary alicyclic amines) is 1. The van der Waals surface area contributed by atoms with Crippen molar-refractivity contribution in [3.8, 4) is 0 Å². The molecule has 0 radical (unpaired) electrons. The van der Waals surface area contributed by atoms with Crippen molar-refractivity contribution in [2.24, 2.45) is 16.8 Å². The maximum absolute atomic E-state index is 13.6. The van der Waals surface area contributed by atoms with Gasteiger partial charge < -0.3 is 20.3 Å². The molecule has 3 aliphatic heterocycles. The van der Waals surface area contributed by atoms with Crippen LogP contribution in [0.25, 0.3) is 0 Å². The molecule has 2 bridgehead atoms. The van der Waals surface area contributed by atoms with Gasteiger partial charge in [0.25, 0.3) is 5.91 Å². The number of carbonyl (C=O) groups is 1. The highest BCUT2D eigenvalue weighted by Crippen LogP contribution is 2.47. The quantitative estimate of drug-likeness (QED) is 0.460. The number of fused-ring (bicyclic) bond motifs is 5. The van der Waals surface area contributed by atoms with Crippen LogP contribution in [0.5, 0.6) is 0 Å². The maximum Gasteiger partial charge on any atom is 0.251 e. The molecule has 1 amide bonds. The number of aryl methyl sites for hydroxylation is 1. The second kappa shape index (κ2) is 8.07. The number of aliphatic imine (C=N–C) groups is 1. The van der Waals surface area contributed by atoms with Crippen molar-refractivity contribution < 1.29 is 13.9 Å². The molecule has 1 aromatic carbocycles. The monoisotopic (exact) mass is 388 g/mol. The fourth-order valence-electron chi connectivity index (χ4n) is 4.73. The minimum Gasteiger partial charge on any atom is -0.374 e. The van der Waals surface area contributed by atoms with E-state index in [-0.39, 0.29) is 11.7 Å². The number of hydrogen-bond acceptors (Lipinski definition) is 3. The number of guanidine groups is 1. The van der Waals surface area contributed by atoms with Gasteiger partial charge in [0.05, 0.1) is 18.8 Å². The molecule has 3 heterocycles. The van der Waals surface area contributed by atoms with Crippen LogP contribution < -0.4 is 10.6 Å². The Morgan fingerprint density at radius 2 is 1.96 bits per heavy atom. The van der Waals surface area contributed by atoms with E-state index in [9.17, 15) is 9.18 Å². The Bertz CT molecular complexity index is 751. The Balaban J connectivity index is 1.30. The molecule has 2 N–H and O–H groups in total. The minimum atomic E-state index is -0.363. The summed E-state index contributed by atoms with van der Waals surface area (Å²) < 4.78 is 19.7. The number of ether oxygens (including phenoxy) is 1. The standard InChI is InChI=1S/C21H29FN4O2/c1-3-23-21(26-11-15-16(12-26)19-7-6-18(15)28-19)25-9-8-24-20(27)14-5-4-13(2)17(22)10-14/h4-5,10,15-16,18-19H,3,6-9,11-12H2,1-2H3,(H,23,25)(H,24,27). The SMILES string of the molecule is CCNC(=NCCNC(=O)c1ccc(C)c(F)c1)N1CC2C3CCC(O3)C2C1. The van der Waals surface area contributed by atoms with Gasteiger partial charge in [0, 0.05) is 43.6 Å². The molecule has 3 saturated heterocycles. The van der Waals surface area contributed by atoms with Gasteiger partial charge in [0.15, 0.2) is 5.96 Å². The molecule has 6 nitrogen and oxygen atoms in total. The first-order chi connectivity index (χ1) is 13.6. The van der Waals surface area contributed by atoms with Crippen molar-refractivity contribution >= 4 is 11.9 Å². The van der Waals surface area contributed by atoms with E-state index in [0.29, 0.717) is 48.3 Å². The molecule has 0 spiro atoms. The van der Waals surface area contributed by atoms with Crippen LogP contribution in [0.2, 0.25) is 0 Å². The molecule has 4 unspecified atom stereocenters. The summed E-state index contributed by atoms with van der Waals surface area (Å²) in [4.78, 5) is 19.2. The van der Waals surface area contributed by atoms with Crippen molar-refractivity contribution in [1.29, 1.82) is 0 Å². The van der Waals surface area contributed by atoms with Gasteiger partial charge in [-0.25, -0.2) is 4.39 Å². The van der Waals surface area contributed by atoms with Crippen LogP contribution in [0.1, 0.15) is 35.7 Å². The number of hydrogen-bond donors (Lipinski definition) is 2. The Morgan fingerprint density at radius 3 is 2.61 bits per heavy atom. The zero-order chi connectivity index (χ0) is 19.7. The zero-order valence-electron chi connectivity index (χ0n) is 16.6. The third kappa shape index (κ3) is 3.72. The lowest BCUT2D eigenvalue weighted by Gasteiger charge is -2.23. The van der Waals surface area contributed by atoms with E-state index in [1.807, 2.05) is 0 Å². The number of carbonyl (C=O) groups excluding carboxylic acids is 1. The van der Waals surface area contributed by atoms with E-state index in [1.54, 1.807) is 19.1 Å². The number of nitrogens with one attached hydrogen (secondary N) is 2. The zero-order valence-corrected chi connectivity index (χ0v) is 16.6. The molecule has 1 aromatic rings. The molecule has 28 heavy (non-hydrogen) atoms. The molecule has 0 aromatic heterocycles. The van der Waals surface area contributed by atoms with Crippen LogP contribution >= 0.6 is 0 Å². The van der Waals surface area contributed by atoms with Crippen LogP contribution in [-0.4, -0.2) is 61.7 Å². The van der Waals surface area contributed by atoms with E-state index >= 15 is 0 Å². The third-order valence-electron chi connectivity index (χ3n) is 6.18. The average molecular weight is 388 g/mol. The molecule has 0 aliphatic carbocycles. The molecule has 4 rings (SSSR count). The van der Waals surface area contributed by atoms with Crippen LogP contribution in [-0.2, 0) is 4.74 Å². The van der Waals surface area contributed by atoms with E-state index in [4.69, 9.17) is 9.73 Å². The van der Waals surface area contributed by atoms with Gasteiger partial charge in [-0.05, 0) is 44.4 Å². The van der Waals surface area contributed by atoms with E-state index < -0.39 is 0 Å². The summed E-state index contributed by atoms with van der Waals surface area (Å²) in [5, 5.41) is 6.19. The number of rotatable bonds is 5. The number of benzene rings is 1. The molecule has 4 atom stereocenters. The fraction of sp³-hybridized carbons (Fsp3) is 0.619. The summed E-state index contributed by atoms with van der Waals surface area (Å²) in [6.45, 7) is 7.43. The molecular weight excluding hydrogens is 359 g/mol. The second-order valence-corrected chi connectivity index (χ2v) is 7.98. The smallest absolute Gasteiger partial charge is 0.251 e. The highest BCUT2D eigenvalue weighted by Gasteiger charge is 2.53. The molecule has 0 saturated carbocycles. The number of halogens is 1. The van der Waals surface area contributed by atoms with Gasteiger partial charge in [0.1, 0.15) is 5.82 Å². The maximum atomic E-state index is 13.6. The first-order valence-electron chi connectivity index (χ1n) is 10.3. The summed E-state index contributed by atoms with van der Waals surface area (Å²) >= 11 is 0. The first kappa shape index (κ1) is 19.2. The lowest BCUT2D eigenvalue weighted by atomic mass is 9.82. The van der Waals surface area contributed by atoms with Crippen LogP contribution in [0, 0.1) is 24.6 Å². The Hall–Kier alpha value is -2.15. The van der Waals surface area contributed by atoms with Gasteiger partial charge in [-0.1, -0.05) is 6.07 Å². The lowest BCUT2D eigenvalue weighted by Crippen LogP contribution is -2.41. The van der Waals surface area contributed by atoms with Crippen LogP contribution in [0.4, 0.5) is 4.39 Å². The highest BCUT2D eigenvalue weighted by molar-refractivity contribution is 5.94. The minimum absolute atomic E-state index is 0.275. The van der Waals surface area contributed by atoms with Crippen molar-refractivity contribution in [1.82, 2.24) is 15.5 Å². The number of nitrogens with zero attached hydrogens (tertiary/aromatic N) is 2. The Morgan fingerprint density at radius 1 is 1.25 bits per heavy atom. The predicted octanol–water partition coefficient (Wildman–Crippen LogP) is 1.94. The highest BCUT2D eigenvalue weighted by atomic mass is 19.1. The largest absolute Gasteiger partial charge is 0.374 e.